The maximum absolute atomic E-state index is 12.6. The Bertz CT molecular complexity index is 696. The van der Waals surface area contributed by atoms with E-state index >= 15 is 0 Å². The summed E-state index contributed by atoms with van der Waals surface area (Å²) in [6.07, 6.45) is -6.60. The molecule has 1 aromatic rings. The van der Waals surface area contributed by atoms with E-state index in [0.717, 1.165) is 5.56 Å². The second-order valence-corrected chi connectivity index (χ2v) is 8.03. The lowest BCUT2D eigenvalue weighted by molar-refractivity contribution is -0.287. The van der Waals surface area contributed by atoms with Crippen molar-refractivity contribution < 1.29 is 33.2 Å². The van der Waals surface area contributed by atoms with E-state index in [-0.39, 0.29) is 11.4 Å². The van der Waals surface area contributed by atoms with Crippen LogP contribution >= 0.6 is 0 Å². The molecule has 1 heterocycles. The summed E-state index contributed by atoms with van der Waals surface area (Å²) in [5.74, 6) is 0. The van der Waals surface area contributed by atoms with Crippen LogP contribution in [0.25, 0.3) is 0 Å². The molecule has 0 aromatic heterocycles. The predicted octanol–water partition coefficient (Wildman–Crippen LogP) is -0.656. The SMILES string of the molecule is CO[C@H]1O[C@H](CNS(=O)(=O)c2c(C)cc(C)cc2C)[C@@H](O)[C@H](O)[C@@H]1O. The predicted molar refractivity (Wildman–Crippen MR) is 89.5 cm³/mol. The molecule has 4 N–H and O–H groups in total. The molecule has 1 aliphatic heterocycles. The molecule has 1 saturated heterocycles. The number of ether oxygens (including phenoxy) is 2. The summed E-state index contributed by atoms with van der Waals surface area (Å²) in [5.41, 5.74) is 2.18. The molecule has 8 nitrogen and oxygen atoms in total. The molecule has 0 amide bonds. The molecule has 0 radical (unpaired) electrons. The number of aliphatic hydroxyl groups excluding tert-OH is 3. The minimum absolute atomic E-state index is 0.173. The Morgan fingerprint density at radius 1 is 1.08 bits per heavy atom. The van der Waals surface area contributed by atoms with Crippen molar-refractivity contribution >= 4 is 10.0 Å². The highest BCUT2D eigenvalue weighted by Gasteiger charge is 2.44. The summed E-state index contributed by atoms with van der Waals surface area (Å²) in [6, 6.07) is 3.54. The van der Waals surface area contributed by atoms with Crippen molar-refractivity contribution in [3.05, 3.63) is 28.8 Å². The van der Waals surface area contributed by atoms with E-state index in [2.05, 4.69) is 4.72 Å². The van der Waals surface area contributed by atoms with E-state index in [1.165, 1.54) is 7.11 Å². The fraction of sp³-hybridized carbons (Fsp3) is 0.625. The van der Waals surface area contributed by atoms with Crippen LogP contribution in [0.4, 0.5) is 0 Å². The lowest BCUT2D eigenvalue weighted by atomic mass is 9.99. The van der Waals surface area contributed by atoms with E-state index in [9.17, 15) is 23.7 Å². The van der Waals surface area contributed by atoms with Crippen LogP contribution in [-0.2, 0) is 19.5 Å². The van der Waals surface area contributed by atoms with Gasteiger partial charge in [-0.15, -0.1) is 0 Å². The molecule has 0 saturated carbocycles. The third kappa shape index (κ3) is 4.20. The van der Waals surface area contributed by atoms with Crippen LogP contribution in [0.1, 0.15) is 16.7 Å². The lowest BCUT2D eigenvalue weighted by Crippen LogP contribution is -2.60. The van der Waals surface area contributed by atoms with Crippen molar-refractivity contribution in [3.63, 3.8) is 0 Å². The van der Waals surface area contributed by atoms with E-state index in [0.29, 0.717) is 11.1 Å². The molecular formula is C16H25NO7S. The van der Waals surface area contributed by atoms with Gasteiger partial charge in [-0.3, -0.25) is 0 Å². The quantitative estimate of drug-likeness (QED) is 0.539. The van der Waals surface area contributed by atoms with Gasteiger partial charge in [0.1, 0.15) is 24.4 Å². The number of methoxy groups -OCH3 is 1. The summed E-state index contributed by atoms with van der Waals surface area (Å²) >= 11 is 0. The molecule has 0 spiro atoms. The van der Waals surface area contributed by atoms with Crippen LogP contribution < -0.4 is 4.72 Å². The number of rotatable bonds is 5. The summed E-state index contributed by atoms with van der Waals surface area (Å²) in [4.78, 5) is 0.173. The van der Waals surface area contributed by atoms with Crippen LogP contribution in [0, 0.1) is 20.8 Å². The maximum Gasteiger partial charge on any atom is 0.241 e. The van der Waals surface area contributed by atoms with Crippen LogP contribution in [-0.4, -0.2) is 68.1 Å². The van der Waals surface area contributed by atoms with Gasteiger partial charge in [0, 0.05) is 13.7 Å². The van der Waals surface area contributed by atoms with Crippen molar-refractivity contribution in [2.45, 2.75) is 56.4 Å². The largest absolute Gasteiger partial charge is 0.388 e. The first-order chi connectivity index (χ1) is 11.6. The van der Waals surface area contributed by atoms with Gasteiger partial charge in [-0.2, -0.15) is 0 Å². The Balaban J connectivity index is 2.17. The van der Waals surface area contributed by atoms with Gasteiger partial charge in [0.05, 0.1) is 4.90 Å². The fourth-order valence-electron chi connectivity index (χ4n) is 3.13. The molecule has 1 aromatic carbocycles. The Morgan fingerprint density at radius 3 is 2.16 bits per heavy atom. The van der Waals surface area contributed by atoms with Crippen molar-refractivity contribution in [2.75, 3.05) is 13.7 Å². The zero-order valence-electron chi connectivity index (χ0n) is 14.6. The third-order valence-corrected chi connectivity index (χ3v) is 5.98. The Hall–Kier alpha value is -1.07. The highest BCUT2D eigenvalue weighted by atomic mass is 32.2. The molecule has 1 fully saturated rings. The lowest BCUT2D eigenvalue weighted by Gasteiger charge is -2.39. The number of hydrogen-bond acceptors (Lipinski definition) is 7. The van der Waals surface area contributed by atoms with Crippen LogP contribution in [0.2, 0.25) is 0 Å². The van der Waals surface area contributed by atoms with Gasteiger partial charge >= 0.3 is 0 Å². The van der Waals surface area contributed by atoms with E-state index < -0.39 is 40.7 Å². The highest BCUT2D eigenvalue weighted by Crippen LogP contribution is 2.24. The van der Waals surface area contributed by atoms with Crippen LogP contribution in [0.15, 0.2) is 17.0 Å². The van der Waals surface area contributed by atoms with Gasteiger partial charge in [0.15, 0.2) is 6.29 Å². The molecule has 2 rings (SSSR count). The van der Waals surface area contributed by atoms with Crippen molar-refractivity contribution in [2.24, 2.45) is 0 Å². The first-order valence-electron chi connectivity index (χ1n) is 7.88. The molecule has 9 heteroatoms. The summed E-state index contributed by atoms with van der Waals surface area (Å²) in [7, 11) is -2.57. The van der Waals surface area contributed by atoms with Crippen molar-refractivity contribution in [1.82, 2.24) is 4.72 Å². The number of sulfonamides is 1. The molecular weight excluding hydrogens is 350 g/mol. The van der Waals surface area contributed by atoms with E-state index in [4.69, 9.17) is 9.47 Å². The molecule has 25 heavy (non-hydrogen) atoms. The molecule has 142 valence electrons. The molecule has 0 aliphatic carbocycles. The van der Waals surface area contributed by atoms with E-state index in [1.54, 1.807) is 26.0 Å². The smallest absolute Gasteiger partial charge is 0.241 e. The Labute approximate surface area is 147 Å². The molecule has 5 atom stereocenters. The number of nitrogens with one attached hydrogen (secondary N) is 1. The Morgan fingerprint density at radius 2 is 1.64 bits per heavy atom. The molecule has 0 bridgehead atoms. The minimum atomic E-state index is -3.84. The number of benzene rings is 1. The monoisotopic (exact) mass is 375 g/mol. The minimum Gasteiger partial charge on any atom is -0.388 e. The highest BCUT2D eigenvalue weighted by molar-refractivity contribution is 7.89. The number of aliphatic hydroxyl groups is 3. The Kier molecular flexibility index (Phi) is 6.21. The van der Waals surface area contributed by atoms with Gasteiger partial charge in [-0.1, -0.05) is 17.7 Å². The third-order valence-electron chi connectivity index (χ3n) is 4.25. The van der Waals surface area contributed by atoms with Gasteiger partial charge in [-0.25, -0.2) is 13.1 Å². The van der Waals surface area contributed by atoms with Gasteiger partial charge in [-0.05, 0) is 31.9 Å². The number of aryl methyl sites for hydroxylation is 3. The van der Waals surface area contributed by atoms with Gasteiger partial charge < -0.3 is 24.8 Å². The van der Waals surface area contributed by atoms with Crippen molar-refractivity contribution in [1.29, 1.82) is 0 Å². The second kappa shape index (κ2) is 7.67. The summed E-state index contributed by atoms with van der Waals surface area (Å²) in [6.45, 7) is 5.02. The van der Waals surface area contributed by atoms with Gasteiger partial charge in [0.25, 0.3) is 0 Å². The second-order valence-electron chi connectivity index (χ2n) is 6.33. The normalized spacial score (nSPS) is 30.4. The topological polar surface area (TPSA) is 125 Å². The van der Waals surface area contributed by atoms with E-state index in [1.807, 2.05) is 6.92 Å². The van der Waals surface area contributed by atoms with Crippen molar-refractivity contribution in [3.8, 4) is 0 Å². The van der Waals surface area contributed by atoms with Gasteiger partial charge in [0.2, 0.25) is 10.0 Å². The van der Waals surface area contributed by atoms with Crippen LogP contribution in [0.5, 0.6) is 0 Å². The molecule has 0 unspecified atom stereocenters. The average molecular weight is 375 g/mol. The zero-order valence-corrected chi connectivity index (χ0v) is 15.4. The van der Waals surface area contributed by atoms with Crippen LogP contribution in [0.3, 0.4) is 0 Å². The average Bonchev–Trinajstić information content (AvgIpc) is 2.50. The summed E-state index contributed by atoms with van der Waals surface area (Å²) < 4.78 is 37.9. The zero-order chi connectivity index (χ0) is 18.9. The fourth-order valence-corrected chi connectivity index (χ4v) is 4.63. The first-order valence-corrected chi connectivity index (χ1v) is 9.36. The summed E-state index contributed by atoms with van der Waals surface area (Å²) in [5, 5.41) is 29.6. The number of hydrogen-bond donors (Lipinski definition) is 4. The molecule has 1 aliphatic rings. The maximum atomic E-state index is 12.6. The first kappa shape index (κ1) is 20.2. The standard InChI is InChI=1S/C16H25NO7S/c1-8-5-9(2)15(10(3)6-8)25(21,22)17-7-11-12(18)13(19)14(20)16(23-4)24-11/h5-6,11-14,16-20H,7H2,1-4H3/t11-,12-,13+,14+,16+/m1/s1.